The summed E-state index contributed by atoms with van der Waals surface area (Å²) in [7, 11) is 0. The van der Waals surface area contributed by atoms with Gasteiger partial charge in [-0.15, -0.1) is 0 Å². The molecule has 1 rings (SSSR count). The van der Waals surface area contributed by atoms with Crippen LogP contribution in [0.4, 0.5) is 0 Å². The van der Waals surface area contributed by atoms with Crippen LogP contribution in [0.5, 0.6) is 0 Å². The minimum Gasteiger partial charge on any atom is -0.359 e. The van der Waals surface area contributed by atoms with Crippen LogP contribution in [0.25, 0.3) is 0 Å². The maximum absolute atomic E-state index is 4.49. The number of thioether (sulfide) groups is 1. The van der Waals surface area contributed by atoms with Crippen LogP contribution in [0, 0.1) is 5.92 Å². The minimum absolute atomic E-state index is 0.237. The summed E-state index contributed by atoms with van der Waals surface area (Å²) in [4.78, 5) is 4.49. The Morgan fingerprint density at radius 3 is 2.67 bits per heavy atom. The predicted molar refractivity (Wildman–Crippen MR) is 56.8 cm³/mol. The molecule has 1 fully saturated rings. The summed E-state index contributed by atoms with van der Waals surface area (Å²) in [6.45, 7) is 9.73. The van der Waals surface area contributed by atoms with Crippen LogP contribution in [0.1, 0.15) is 27.7 Å². The van der Waals surface area contributed by atoms with Gasteiger partial charge in [0.15, 0.2) is 5.17 Å². The predicted octanol–water partition coefficient (Wildman–Crippen LogP) is 2.11. The summed E-state index contributed by atoms with van der Waals surface area (Å²) < 4.78 is 0. The maximum atomic E-state index is 4.49. The van der Waals surface area contributed by atoms with E-state index in [1.54, 1.807) is 0 Å². The fourth-order valence-corrected chi connectivity index (χ4v) is 2.05. The number of hydrogen-bond donors (Lipinski definition) is 1. The first kappa shape index (κ1) is 9.90. The third-order valence-electron chi connectivity index (χ3n) is 1.62. The molecule has 70 valence electrons. The number of rotatable bonds is 2. The Morgan fingerprint density at radius 2 is 2.25 bits per heavy atom. The highest BCUT2D eigenvalue weighted by molar-refractivity contribution is 8.14. The smallest absolute Gasteiger partial charge is 0.157 e. The number of aliphatic imine (C=N–C) groups is 1. The average molecular weight is 186 g/mol. The topological polar surface area (TPSA) is 24.4 Å². The van der Waals surface area contributed by atoms with E-state index in [0.29, 0.717) is 5.92 Å². The van der Waals surface area contributed by atoms with E-state index >= 15 is 0 Å². The summed E-state index contributed by atoms with van der Waals surface area (Å²) in [6.07, 6.45) is 0. The molecule has 0 bridgehead atoms. The van der Waals surface area contributed by atoms with Gasteiger partial charge in [0, 0.05) is 17.8 Å². The van der Waals surface area contributed by atoms with Crippen molar-refractivity contribution in [1.29, 1.82) is 0 Å². The van der Waals surface area contributed by atoms with Gasteiger partial charge in [0.2, 0.25) is 0 Å². The quantitative estimate of drug-likeness (QED) is 0.714. The fourth-order valence-electron chi connectivity index (χ4n) is 0.961. The van der Waals surface area contributed by atoms with Gasteiger partial charge in [0.1, 0.15) is 0 Å². The lowest BCUT2D eigenvalue weighted by Gasteiger charge is -2.15. The van der Waals surface area contributed by atoms with E-state index < -0.39 is 0 Å². The van der Waals surface area contributed by atoms with Crippen LogP contribution in [-0.2, 0) is 0 Å². The average Bonchev–Trinajstić information content (AvgIpc) is 2.26. The van der Waals surface area contributed by atoms with E-state index in [1.807, 2.05) is 11.8 Å². The second kappa shape index (κ2) is 3.69. The zero-order valence-corrected chi connectivity index (χ0v) is 9.16. The van der Waals surface area contributed by atoms with Crippen LogP contribution in [0.15, 0.2) is 4.99 Å². The molecule has 0 unspecified atom stereocenters. The molecule has 12 heavy (non-hydrogen) atoms. The summed E-state index contributed by atoms with van der Waals surface area (Å²) in [5.41, 5.74) is 0.237. The molecule has 1 saturated heterocycles. The number of hydrogen-bond acceptors (Lipinski definition) is 2. The zero-order chi connectivity index (χ0) is 9.19. The van der Waals surface area contributed by atoms with Crippen molar-refractivity contribution in [3.05, 3.63) is 0 Å². The van der Waals surface area contributed by atoms with Crippen molar-refractivity contribution in [3.8, 4) is 0 Å². The van der Waals surface area contributed by atoms with E-state index in [4.69, 9.17) is 0 Å². The molecule has 0 aliphatic carbocycles. The molecule has 0 saturated carbocycles. The molecule has 1 aliphatic heterocycles. The van der Waals surface area contributed by atoms with Gasteiger partial charge in [-0.25, -0.2) is 0 Å². The van der Waals surface area contributed by atoms with Crippen LogP contribution in [0.2, 0.25) is 0 Å². The second-order valence-corrected chi connectivity index (χ2v) is 5.30. The Kier molecular flexibility index (Phi) is 3.04. The summed E-state index contributed by atoms with van der Waals surface area (Å²) in [5, 5.41) is 4.52. The highest BCUT2D eigenvalue weighted by Gasteiger charge is 2.26. The number of amidine groups is 1. The molecule has 3 heteroatoms. The minimum atomic E-state index is 0.237. The van der Waals surface area contributed by atoms with Gasteiger partial charge < -0.3 is 5.32 Å². The van der Waals surface area contributed by atoms with Crippen molar-refractivity contribution >= 4 is 16.9 Å². The lowest BCUT2D eigenvalue weighted by atomic mass is 10.1. The molecule has 2 nitrogen and oxygen atoms in total. The maximum Gasteiger partial charge on any atom is 0.157 e. The normalized spacial score (nSPS) is 24.9. The Balaban J connectivity index is 2.41. The van der Waals surface area contributed by atoms with Crippen LogP contribution in [-0.4, -0.2) is 23.0 Å². The molecule has 0 radical (unpaired) electrons. The molecule has 0 atom stereocenters. The van der Waals surface area contributed by atoms with Crippen LogP contribution in [0.3, 0.4) is 0 Å². The second-order valence-electron chi connectivity index (χ2n) is 4.34. The molecule has 1 N–H and O–H groups in total. The van der Waals surface area contributed by atoms with Gasteiger partial charge in [-0.05, 0) is 19.8 Å². The van der Waals surface area contributed by atoms with Gasteiger partial charge in [-0.2, -0.15) is 0 Å². The largest absolute Gasteiger partial charge is 0.359 e. The molecule has 1 heterocycles. The Labute approximate surface area is 79.2 Å². The van der Waals surface area contributed by atoms with E-state index in [1.165, 1.54) is 0 Å². The van der Waals surface area contributed by atoms with Gasteiger partial charge in [-0.3, -0.25) is 4.99 Å². The van der Waals surface area contributed by atoms with E-state index in [9.17, 15) is 0 Å². The molecule has 0 aromatic rings. The van der Waals surface area contributed by atoms with Crippen molar-refractivity contribution in [2.45, 2.75) is 33.2 Å². The van der Waals surface area contributed by atoms with Gasteiger partial charge in [-0.1, -0.05) is 25.6 Å². The zero-order valence-electron chi connectivity index (χ0n) is 8.35. The molecule has 0 spiro atoms. The lowest BCUT2D eigenvalue weighted by Crippen LogP contribution is -2.37. The van der Waals surface area contributed by atoms with Gasteiger partial charge in [0.25, 0.3) is 0 Å². The lowest BCUT2D eigenvalue weighted by molar-refractivity contribution is 0.535. The fraction of sp³-hybridized carbons (Fsp3) is 0.889. The summed E-state index contributed by atoms with van der Waals surface area (Å²) >= 11 is 1.83. The van der Waals surface area contributed by atoms with Gasteiger partial charge in [0.05, 0.1) is 0 Å². The van der Waals surface area contributed by atoms with Crippen molar-refractivity contribution < 1.29 is 0 Å². The van der Waals surface area contributed by atoms with Crippen LogP contribution >= 0.6 is 11.8 Å². The molecule has 0 aromatic heterocycles. The molecular formula is C9H18N2S. The van der Waals surface area contributed by atoms with Crippen LogP contribution < -0.4 is 5.32 Å². The monoisotopic (exact) mass is 186 g/mol. The first-order chi connectivity index (χ1) is 5.49. The molecule has 1 aliphatic rings. The highest BCUT2D eigenvalue weighted by atomic mass is 32.2. The molecule has 0 amide bonds. The summed E-state index contributed by atoms with van der Waals surface area (Å²) in [6, 6.07) is 0. The molecular weight excluding hydrogens is 168 g/mol. The Hall–Kier alpha value is -0.180. The number of nitrogens with one attached hydrogen (secondary N) is 1. The molecule has 0 aromatic carbocycles. The summed E-state index contributed by atoms with van der Waals surface area (Å²) in [5.74, 6) is 1.79. The van der Waals surface area contributed by atoms with Crippen molar-refractivity contribution in [2.75, 3.05) is 12.3 Å². The van der Waals surface area contributed by atoms with Crippen molar-refractivity contribution in [1.82, 2.24) is 5.32 Å². The Bertz CT molecular complexity index is 185. The van der Waals surface area contributed by atoms with Gasteiger partial charge >= 0.3 is 0 Å². The SMILES string of the molecule is CC(C)CN=C1NC(C)(C)CS1. The number of nitrogens with zero attached hydrogens (tertiary/aromatic N) is 1. The van der Waals surface area contributed by atoms with E-state index in [-0.39, 0.29) is 5.54 Å². The standard InChI is InChI=1S/C9H18N2S/c1-7(2)5-10-8-11-9(3,4)6-12-8/h7H,5-6H2,1-4H3,(H,10,11). The highest BCUT2D eigenvalue weighted by Crippen LogP contribution is 2.22. The van der Waals surface area contributed by atoms with E-state index in [2.05, 4.69) is 38.0 Å². The Morgan fingerprint density at radius 1 is 1.58 bits per heavy atom. The van der Waals surface area contributed by atoms with Crippen molar-refractivity contribution in [3.63, 3.8) is 0 Å². The first-order valence-electron chi connectivity index (χ1n) is 4.45. The third kappa shape index (κ3) is 3.05. The van der Waals surface area contributed by atoms with E-state index in [0.717, 1.165) is 17.5 Å². The first-order valence-corrected chi connectivity index (χ1v) is 5.43. The third-order valence-corrected chi connectivity index (χ3v) is 2.99. The van der Waals surface area contributed by atoms with Crippen molar-refractivity contribution in [2.24, 2.45) is 10.9 Å².